The number of rotatable bonds is 5. The molecule has 1 amide bonds. The summed E-state index contributed by atoms with van der Waals surface area (Å²) in [6, 6.07) is 1.32. The smallest absolute Gasteiger partial charge is 0.287 e. The molecular formula is C13H20N4O4. The maximum Gasteiger partial charge on any atom is 0.287 e. The van der Waals surface area contributed by atoms with Gasteiger partial charge >= 0.3 is 0 Å². The Kier molecular flexibility index (Phi) is 4.92. The van der Waals surface area contributed by atoms with Crippen LogP contribution in [0.3, 0.4) is 0 Å². The number of nitro groups is 1. The van der Waals surface area contributed by atoms with Crippen LogP contribution in [0.2, 0.25) is 0 Å². The zero-order valence-electron chi connectivity index (χ0n) is 12.2. The first-order valence-electron chi connectivity index (χ1n) is 6.95. The van der Waals surface area contributed by atoms with Gasteiger partial charge in [0.05, 0.1) is 23.8 Å². The molecular weight excluding hydrogens is 276 g/mol. The van der Waals surface area contributed by atoms with Crippen LogP contribution in [-0.4, -0.2) is 59.7 Å². The molecule has 1 fully saturated rings. The summed E-state index contributed by atoms with van der Waals surface area (Å²) in [6.45, 7) is 4.95. The van der Waals surface area contributed by atoms with Crippen molar-refractivity contribution in [3.8, 4) is 0 Å². The predicted octanol–water partition coefficient (Wildman–Crippen LogP) is 0.477. The molecule has 8 nitrogen and oxygen atoms in total. The Morgan fingerprint density at radius 1 is 1.67 bits per heavy atom. The third-order valence-electron chi connectivity index (χ3n) is 3.48. The Labute approximate surface area is 122 Å². The second kappa shape index (κ2) is 6.68. The first kappa shape index (κ1) is 15.5. The number of likely N-dealkylation sites (N-methyl/N-ethyl adjacent to an activating group) is 1. The topological polar surface area (TPSA) is 89.6 Å². The number of nitrogens with one attached hydrogen (secondary N) is 1. The van der Waals surface area contributed by atoms with Crippen LogP contribution in [0.4, 0.5) is 5.69 Å². The molecule has 1 aromatic rings. The molecule has 2 rings (SSSR count). The number of nitrogens with zero attached hydrogens (tertiary/aromatic N) is 3. The van der Waals surface area contributed by atoms with Crippen molar-refractivity contribution in [2.45, 2.75) is 19.6 Å². The van der Waals surface area contributed by atoms with Gasteiger partial charge in [-0.2, -0.15) is 0 Å². The molecule has 1 aliphatic heterocycles. The maximum atomic E-state index is 12.4. The van der Waals surface area contributed by atoms with Crippen LogP contribution in [0.5, 0.6) is 0 Å². The minimum absolute atomic E-state index is 0.0484. The highest BCUT2D eigenvalue weighted by atomic mass is 16.6. The Hall–Kier alpha value is -1.93. The Balaban J connectivity index is 2.09. The van der Waals surface area contributed by atoms with E-state index in [0.717, 1.165) is 6.54 Å². The van der Waals surface area contributed by atoms with Crippen molar-refractivity contribution >= 4 is 11.6 Å². The Morgan fingerprint density at radius 3 is 3.00 bits per heavy atom. The third kappa shape index (κ3) is 3.59. The van der Waals surface area contributed by atoms with Crippen molar-refractivity contribution in [2.75, 3.05) is 33.3 Å². The minimum atomic E-state index is -0.489. The van der Waals surface area contributed by atoms with Crippen molar-refractivity contribution in [3.63, 3.8) is 0 Å². The lowest BCUT2D eigenvalue weighted by atomic mass is 10.2. The lowest BCUT2D eigenvalue weighted by Crippen LogP contribution is -2.46. The van der Waals surface area contributed by atoms with Crippen LogP contribution in [0.25, 0.3) is 0 Å². The van der Waals surface area contributed by atoms with Crippen LogP contribution in [0.15, 0.2) is 12.3 Å². The number of hydrogen-bond donors (Lipinski definition) is 1. The SMILES string of the molecule is CCn1cc([N+](=O)[O-])cc1C(=O)N(C)CC1CNCCO1. The molecule has 0 bridgehead atoms. The zero-order chi connectivity index (χ0) is 15.4. The Bertz CT molecular complexity index is 522. The van der Waals surface area contributed by atoms with E-state index in [2.05, 4.69) is 5.32 Å². The number of aromatic nitrogens is 1. The molecule has 0 saturated carbocycles. The summed E-state index contributed by atoms with van der Waals surface area (Å²) in [6.07, 6.45) is 1.34. The largest absolute Gasteiger partial charge is 0.374 e. The first-order chi connectivity index (χ1) is 10.0. The molecule has 1 aliphatic rings. The lowest BCUT2D eigenvalue weighted by Gasteiger charge is -2.28. The van der Waals surface area contributed by atoms with Gasteiger partial charge in [0.25, 0.3) is 11.6 Å². The molecule has 116 valence electrons. The van der Waals surface area contributed by atoms with Crippen LogP contribution in [0.1, 0.15) is 17.4 Å². The van der Waals surface area contributed by atoms with E-state index in [9.17, 15) is 14.9 Å². The van der Waals surface area contributed by atoms with Crippen LogP contribution >= 0.6 is 0 Å². The van der Waals surface area contributed by atoms with Gasteiger partial charge in [-0.05, 0) is 6.92 Å². The van der Waals surface area contributed by atoms with Gasteiger partial charge in [-0.15, -0.1) is 0 Å². The second-order valence-electron chi connectivity index (χ2n) is 5.01. The molecule has 0 radical (unpaired) electrons. The van der Waals surface area contributed by atoms with E-state index in [1.165, 1.54) is 12.3 Å². The van der Waals surface area contributed by atoms with Crippen LogP contribution in [-0.2, 0) is 11.3 Å². The standard InChI is InChI=1S/C13H20N4O4/c1-3-16-8-10(17(19)20)6-12(16)13(18)15(2)9-11-7-14-4-5-21-11/h6,8,11,14H,3-5,7,9H2,1-2H3. The van der Waals surface area contributed by atoms with Crippen molar-refractivity contribution < 1.29 is 14.5 Å². The van der Waals surface area contributed by atoms with Gasteiger partial charge in [-0.25, -0.2) is 0 Å². The van der Waals surface area contributed by atoms with E-state index in [-0.39, 0.29) is 17.7 Å². The highest BCUT2D eigenvalue weighted by Gasteiger charge is 2.24. The molecule has 0 aromatic carbocycles. The summed E-state index contributed by atoms with van der Waals surface area (Å²) in [5.41, 5.74) is 0.264. The average Bonchev–Trinajstić information content (AvgIpc) is 2.91. The quantitative estimate of drug-likeness (QED) is 0.630. The average molecular weight is 296 g/mol. The number of aryl methyl sites for hydroxylation is 1. The molecule has 1 N–H and O–H groups in total. The van der Waals surface area contributed by atoms with Gasteiger partial charge in [0, 0.05) is 39.3 Å². The van der Waals surface area contributed by atoms with Crippen LogP contribution < -0.4 is 5.32 Å². The molecule has 1 unspecified atom stereocenters. The zero-order valence-corrected chi connectivity index (χ0v) is 12.2. The number of ether oxygens (including phenoxy) is 1. The number of carbonyl (C=O) groups is 1. The van der Waals surface area contributed by atoms with Crippen molar-refractivity contribution in [2.24, 2.45) is 0 Å². The summed E-state index contributed by atoms with van der Waals surface area (Å²) in [5.74, 6) is -0.237. The molecule has 8 heteroatoms. The van der Waals surface area contributed by atoms with Crippen molar-refractivity contribution in [1.29, 1.82) is 0 Å². The number of carbonyl (C=O) groups excluding carboxylic acids is 1. The van der Waals surface area contributed by atoms with E-state index in [1.807, 2.05) is 6.92 Å². The summed E-state index contributed by atoms with van der Waals surface area (Å²) >= 11 is 0. The molecule has 0 spiro atoms. The minimum Gasteiger partial charge on any atom is -0.374 e. The summed E-state index contributed by atoms with van der Waals surface area (Å²) < 4.78 is 7.16. The predicted molar refractivity (Wildman–Crippen MR) is 76.3 cm³/mol. The maximum absolute atomic E-state index is 12.4. The fraction of sp³-hybridized carbons (Fsp3) is 0.615. The molecule has 1 saturated heterocycles. The van der Waals surface area contributed by atoms with E-state index in [1.54, 1.807) is 16.5 Å². The van der Waals surface area contributed by atoms with E-state index in [0.29, 0.717) is 31.9 Å². The monoisotopic (exact) mass is 296 g/mol. The molecule has 2 heterocycles. The van der Waals surface area contributed by atoms with E-state index in [4.69, 9.17) is 4.74 Å². The lowest BCUT2D eigenvalue weighted by molar-refractivity contribution is -0.384. The van der Waals surface area contributed by atoms with Crippen molar-refractivity contribution in [3.05, 3.63) is 28.1 Å². The fourth-order valence-electron chi connectivity index (χ4n) is 2.36. The van der Waals surface area contributed by atoms with Crippen molar-refractivity contribution in [1.82, 2.24) is 14.8 Å². The number of amides is 1. The third-order valence-corrected chi connectivity index (χ3v) is 3.48. The van der Waals surface area contributed by atoms with Gasteiger partial charge in [-0.1, -0.05) is 0 Å². The highest BCUT2D eigenvalue weighted by Crippen LogP contribution is 2.18. The summed E-state index contributed by atoms with van der Waals surface area (Å²) in [7, 11) is 1.68. The number of morpholine rings is 1. The molecule has 1 aromatic heterocycles. The van der Waals surface area contributed by atoms with Gasteiger partial charge in [-0.3, -0.25) is 14.9 Å². The fourth-order valence-corrected chi connectivity index (χ4v) is 2.36. The molecule has 1 atom stereocenters. The van der Waals surface area contributed by atoms with E-state index < -0.39 is 4.92 Å². The van der Waals surface area contributed by atoms with E-state index >= 15 is 0 Å². The Morgan fingerprint density at radius 2 is 2.43 bits per heavy atom. The van der Waals surface area contributed by atoms with Gasteiger partial charge in [0.2, 0.25) is 0 Å². The summed E-state index contributed by atoms with van der Waals surface area (Å²) in [5, 5.41) is 14.0. The van der Waals surface area contributed by atoms with Gasteiger partial charge in [0.1, 0.15) is 5.69 Å². The number of hydrogen-bond acceptors (Lipinski definition) is 5. The molecule has 21 heavy (non-hydrogen) atoms. The van der Waals surface area contributed by atoms with Crippen LogP contribution in [0, 0.1) is 10.1 Å². The second-order valence-corrected chi connectivity index (χ2v) is 5.01. The summed E-state index contributed by atoms with van der Waals surface area (Å²) in [4.78, 5) is 24.3. The van der Waals surface area contributed by atoms with Gasteiger partial charge in [0.15, 0.2) is 0 Å². The van der Waals surface area contributed by atoms with Gasteiger partial charge < -0.3 is 19.5 Å². The normalized spacial score (nSPS) is 18.5. The first-order valence-corrected chi connectivity index (χ1v) is 6.95. The highest BCUT2D eigenvalue weighted by molar-refractivity contribution is 5.93. The molecule has 0 aliphatic carbocycles.